The molecule has 252 valence electrons. The van der Waals surface area contributed by atoms with Crippen LogP contribution in [0, 0.1) is 16.7 Å². The van der Waals surface area contributed by atoms with Crippen molar-refractivity contribution in [1.29, 1.82) is 0 Å². The Kier molecular flexibility index (Phi) is 13.1. The lowest BCUT2D eigenvalue weighted by molar-refractivity contribution is -0.375. The zero-order chi connectivity index (χ0) is 33.1. The number of allylic oxidation sites excluding steroid dienone is 1. The van der Waals surface area contributed by atoms with Crippen molar-refractivity contribution >= 4 is 16.4 Å². The Labute approximate surface area is 252 Å². The number of ether oxygens (including phenoxy) is 4. The van der Waals surface area contributed by atoms with Gasteiger partial charge < -0.3 is 49.6 Å². The van der Waals surface area contributed by atoms with Crippen molar-refractivity contribution in [3.8, 4) is 0 Å². The topological polar surface area (TPSA) is 239 Å². The van der Waals surface area contributed by atoms with Crippen molar-refractivity contribution in [3.05, 3.63) is 11.6 Å². The molecular formula is C27H48O15S. The fourth-order valence-electron chi connectivity index (χ4n) is 6.01. The highest BCUT2D eigenvalue weighted by molar-refractivity contribution is 7.80. The Morgan fingerprint density at radius 1 is 0.884 bits per heavy atom. The molecule has 16 heteroatoms. The lowest BCUT2D eigenvalue weighted by Crippen LogP contribution is -2.64. The minimum atomic E-state index is -5.19. The van der Waals surface area contributed by atoms with E-state index in [0.29, 0.717) is 0 Å². The highest BCUT2D eigenvalue weighted by Crippen LogP contribution is 2.38. The molecule has 0 amide bonds. The second-order valence-electron chi connectivity index (χ2n) is 13.3. The average molecular weight is 645 g/mol. The first-order valence-corrected chi connectivity index (χ1v) is 15.4. The van der Waals surface area contributed by atoms with Gasteiger partial charge in [-0.25, -0.2) is 8.98 Å². The fourth-order valence-corrected chi connectivity index (χ4v) is 6.51. The van der Waals surface area contributed by atoms with Gasteiger partial charge in [-0.3, -0.25) is 4.55 Å². The van der Waals surface area contributed by atoms with Crippen LogP contribution in [0.1, 0.15) is 61.3 Å². The van der Waals surface area contributed by atoms with Gasteiger partial charge in [0, 0.05) is 5.57 Å². The van der Waals surface area contributed by atoms with Crippen LogP contribution in [0.2, 0.25) is 0 Å². The quantitative estimate of drug-likeness (QED) is 0.0799. The molecule has 2 fully saturated rings. The SMILES string of the molecule is C/C(=C\C(C)CC(C)(C)CC(C)(C)C)C(=O)OC1C(O)C(CO)OC(OC2OC(CO)C(O)C(OS(=O)(=O)O)C2O)C1O. The van der Waals surface area contributed by atoms with Crippen molar-refractivity contribution in [2.75, 3.05) is 13.2 Å². The molecule has 0 aromatic rings. The van der Waals surface area contributed by atoms with E-state index in [0.717, 1.165) is 12.8 Å². The number of hydrogen-bond donors (Lipinski definition) is 7. The van der Waals surface area contributed by atoms with Gasteiger partial charge in [0.15, 0.2) is 18.7 Å². The molecule has 0 radical (unpaired) electrons. The van der Waals surface area contributed by atoms with Gasteiger partial charge in [-0.1, -0.05) is 47.6 Å². The van der Waals surface area contributed by atoms with Gasteiger partial charge in [-0.15, -0.1) is 0 Å². The first kappa shape index (κ1) is 37.9. The standard InChI is InChI=1S/C27H48O15S/c1-13(9-27(6,7)12-26(3,4)5)8-14(2)23(34)40-21-17(30)15(10-28)38-24(19(21)32)41-25-20(33)22(42-43(35,36)37)18(31)16(11-29)39-25/h8,13,15-22,24-25,28-33H,9-12H2,1-7H3,(H,35,36,37)/b14-8+. The summed E-state index contributed by atoms with van der Waals surface area (Å²) < 4.78 is 57.3. The van der Waals surface area contributed by atoms with E-state index in [4.69, 9.17) is 23.5 Å². The van der Waals surface area contributed by atoms with Crippen molar-refractivity contribution in [1.82, 2.24) is 0 Å². The predicted molar refractivity (Wildman–Crippen MR) is 148 cm³/mol. The van der Waals surface area contributed by atoms with Crippen LogP contribution >= 0.6 is 0 Å². The van der Waals surface area contributed by atoms with Crippen LogP contribution in [0.4, 0.5) is 0 Å². The molecule has 15 nitrogen and oxygen atoms in total. The number of rotatable bonds is 12. The Morgan fingerprint density at radius 2 is 1.35 bits per heavy atom. The molecule has 11 atom stereocenters. The Morgan fingerprint density at radius 3 is 1.79 bits per heavy atom. The third-order valence-corrected chi connectivity index (χ3v) is 7.59. The van der Waals surface area contributed by atoms with E-state index in [1.807, 2.05) is 6.92 Å². The Bertz CT molecular complexity index is 1060. The minimum absolute atomic E-state index is 0.0200. The lowest BCUT2D eigenvalue weighted by Gasteiger charge is -2.45. The highest BCUT2D eigenvalue weighted by atomic mass is 32.3. The zero-order valence-corrected chi connectivity index (χ0v) is 26.4. The molecule has 2 saturated heterocycles. The average Bonchev–Trinajstić information content (AvgIpc) is 2.84. The summed E-state index contributed by atoms with van der Waals surface area (Å²) in [4.78, 5) is 13.0. The fraction of sp³-hybridized carbons (Fsp3) is 0.889. The number of hydrogen-bond acceptors (Lipinski definition) is 14. The summed E-state index contributed by atoms with van der Waals surface area (Å²) in [7, 11) is -5.19. The maximum atomic E-state index is 13.0. The van der Waals surface area contributed by atoms with Crippen molar-refractivity contribution in [2.24, 2.45) is 16.7 Å². The van der Waals surface area contributed by atoms with E-state index in [1.165, 1.54) is 6.92 Å². The largest absolute Gasteiger partial charge is 0.453 e. The van der Waals surface area contributed by atoms with Crippen LogP contribution in [0.5, 0.6) is 0 Å². The van der Waals surface area contributed by atoms with Gasteiger partial charge in [0.05, 0.1) is 13.2 Å². The number of aliphatic hydroxyl groups excluding tert-OH is 6. The minimum Gasteiger partial charge on any atom is -0.453 e. The molecule has 7 N–H and O–H groups in total. The lowest BCUT2D eigenvalue weighted by atomic mass is 9.72. The molecule has 0 aliphatic carbocycles. The first-order chi connectivity index (χ1) is 19.6. The summed E-state index contributed by atoms with van der Waals surface area (Å²) >= 11 is 0. The second kappa shape index (κ2) is 14.9. The molecule has 2 heterocycles. The van der Waals surface area contributed by atoms with Crippen LogP contribution in [0.15, 0.2) is 11.6 Å². The van der Waals surface area contributed by atoms with E-state index in [-0.39, 0.29) is 22.3 Å². The maximum Gasteiger partial charge on any atom is 0.397 e. The monoisotopic (exact) mass is 644 g/mol. The first-order valence-electron chi connectivity index (χ1n) is 14.0. The molecule has 11 unspecified atom stereocenters. The normalized spacial score (nSPS) is 35.4. The second-order valence-corrected chi connectivity index (χ2v) is 14.4. The third kappa shape index (κ3) is 10.9. The van der Waals surface area contributed by atoms with Gasteiger partial charge in [0.25, 0.3) is 0 Å². The van der Waals surface area contributed by atoms with Gasteiger partial charge in [0.2, 0.25) is 0 Å². The number of esters is 1. The van der Waals surface area contributed by atoms with Crippen molar-refractivity contribution in [3.63, 3.8) is 0 Å². The van der Waals surface area contributed by atoms with E-state index in [9.17, 15) is 43.9 Å². The van der Waals surface area contributed by atoms with Crippen LogP contribution in [-0.2, 0) is 38.3 Å². The molecule has 0 aromatic heterocycles. The Hall–Kier alpha value is -1.28. The molecule has 0 saturated carbocycles. The van der Waals surface area contributed by atoms with E-state index in [2.05, 4.69) is 38.8 Å². The van der Waals surface area contributed by atoms with Crippen LogP contribution < -0.4 is 0 Å². The summed E-state index contributed by atoms with van der Waals surface area (Å²) in [6.07, 6.45) is -14.8. The van der Waals surface area contributed by atoms with E-state index in [1.54, 1.807) is 6.08 Å². The molecule has 0 aromatic carbocycles. The van der Waals surface area contributed by atoms with Crippen LogP contribution in [-0.4, -0.2) is 124 Å². The summed E-state index contributed by atoms with van der Waals surface area (Å²) in [5.74, 6) is -0.881. The molecule has 2 aliphatic rings. The smallest absolute Gasteiger partial charge is 0.397 e. The summed E-state index contributed by atoms with van der Waals surface area (Å²) in [5, 5.41) is 61.6. The van der Waals surface area contributed by atoms with Crippen molar-refractivity contribution < 1.29 is 71.5 Å². The Balaban J connectivity index is 2.20. The van der Waals surface area contributed by atoms with Crippen molar-refractivity contribution in [2.45, 2.75) is 123 Å². The van der Waals surface area contributed by atoms with E-state index >= 15 is 0 Å². The summed E-state index contributed by atoms with van der Waals surface area (Å²) in [6, 6.07) is 0. The van der Waals surface area contributed by atoms with Gasteiger partial charge in [-0.2, -0.15) is 8.42 Å². The molecule has 43 heavy (non-hydrogen) atoms. The van der Waals surface area contributed by atoms with E-state index < -0.39 is 91.0 Å². The van der Waals surface area contributed by atoms with Gasteiger partial charge in [-0.05, 0) is 36.5 Å². The molecule has 2 aliphatic heterocycles. The maximum absolute atomic E-state index is 13.0. The summed E-state index contributed by atoms with van der Waals surface area (Å²) in [5.41, 5.74) is 0.297. The van der Waals surface area contributed by atoms with Crippen LogP contribution in [0.3, 0.4) is 0 Å². The molecule has 2 rings (SSSR count). The van der Waals surface area contributed by atoms with Gasteiger partial charge in [0.1, 0.15) is 42.7 Å². The molecule has 0 bridgehead atoms. The number of aliphatic hydroxyl groups is 6. The van der Waals surface area contributed by atoms with Gasteiger partial charge >= 0.3 is 16.4 Å². The summed E-state index contributed by atoms with van der Waals surface area (Å²) in [6.45, 7) is 12.5. The molecule has 0 spiro atoms. The number of carbonyl (C=O) groups is 1. The molecular weight excluding hydrogens is 596 g/mol. The third-order valence-electron chi connectivity index (χ3n) is 7.13. The van der Waals surface area contributed by atoms with Crippen LogP contribution in [0.25, 0.3) is 0 Å². The zero-order valence-electron chi connectivity index (χ0n) is 25.6. The number of carbonyl (C=O) groups excluding carboxylic acids is 1. The highest BCUT2D eigenvalue weighted by Gasteiger charge is 2.52. The predicted octanol–water partition coefficient (Wildman–Crippen LogP) is -0.584.